The molecule has 0 amide bonds. The van der Waals surface area contributed by atoms with E-state index in [1.807, 2.05) is 12.1 Å². The zero-order valence-electron chi connectivity index (χ0n) is 14.9. The van der Waals surface area contributed by atoms with E-state index in [-0.39, 0.29) is 12.4 Å². The molecule has 0 saturated carbocycles. The molecule has 0 fully saturated rings. The number of hydrogen-bond donors (Lipinski definition) is 0. The largest absolute Gasteiger partial charge is 0.493 e. The lowest BCUT2D eigenvalue weighted by molar-refractivity contribution is -0.148. The lowest BCUT2D eigenvalue weighted by Crippen LogP contribution is -2.23. The summed E-state index contributed by atoms with van der Waals surface area (Å²) in [6.07, 6.45) is -0.419. The van der Waals surface area contributed by atoms with Gasteiger partial charge < -0.3 is 23.7 Å². The van der Waals surface area contributed by atoms with Crippen LogP contribution < -0.4 is 18.9 Å². The molecule has 6 nitrogen and oxygen atoms in total. The molecule has 0 spiro atoms. The summed E-state index contributed by atoms with van der Waals surface area (Å²) in [5.41, 5.74) is 2.44. The van der Waals surface area contributed by atoms with E-state index in [0.717, 1.165) is 21.2 Å². The summed E-state index contributed by atoms with van der Waals surface area (Å²) in [5.74, 6) is 1.97. The second-order valence-corrected chi connectivity index (χ2v) is 6.54. The lowest BCUT2D eigenvalue weighted by atomic mass is 9.92. The Balaban J connectivity index is 2.17. The first-order chi connectivity index (χ1) is 12.5. The molecule has 138 valence electrons. The lowest BCUT2D eigenvalue weighted by Gasteiger charge is -2.28. The van der Waals surface area contributed by atoms with E-state index in [9.17, 15) is 4.79 Å². The van der Waals surface area contributed by atoms with E-state index in [0.29, 0.717) is 23.0 Å². The third kappa shape index (κ3) is 3.19. The van der Waals surface area contributed by atoms with E-state index in [4.69, 9.17) is 23.7 Å². The molecule has 2 aromatic carbocycles. The number of esters is 1. The number of methoxy groups -OCH3 is 4. The molecule has 3 rings (SSSR count). The summed E-state index contributed by atoms with van der Waals surface area (Å²) >= 11 is 3.54. The molecule has 0 N–H and O–H groups in total. The SMILES string of the molecule is COc1cc(Br)c([C@@H]2OC(=O)Cc3cc(OC)c(OC)cc32)cc1OC. The molecule has 1 aliphatic rings. The van der Waals surface area contributed by atoms with Crippen molar-refractivity contribution in [2.24, 2.45) is 0 Å². The molecule has 1 heterocycles. The van der Waals surface area contributed by atoms with Crippen LogP contribution in [0.4, 0.5) is 0 Å². The fourth-order valence-electron chi connectivity index (χ4n) is 3.03. The van der Waals surface area contributed by atoms with Gasteiger partial charge >= 0.3 is 5.97 Å². The number of ether oxygens (including phenoxy) is 5. The Morgan fingerprint density at radius 1 is 0.846 bits per heavy atom. The Hall–Kier alpha value is -2.41. The van der Waals surface area contributed by atoms with Crippen LogP contribution in [0.5, 0.6) is 23.0 Å². The third-order valence-corrected chi connectivity index (χ3v) is 4.98. The molecule has 0 aromatic heterocycles. The minimum atomic E-state index is -0.597. The summed E-state index contributed by atoms with van der Waals surface area (Å²) in [6, 6.07) is 7.24. The topological polar surface area (TPSA) is 63.2 Å². The third-order valence-electron chi connectivity index (χ3n) is 4.30. The Morgan fingerprint density at radius 3 is 1.92 bits per heavy atom. The first-order valence-electron chi connectivity index (χ1n) is 7.88. The molecular weight excluding hydrogens is 404 g/mol. The summed E-state index contributed by atoms with van der Waals surface area (Å²) in [5, 5.41) is 0. The van der Waals surface area contributed by atoms with Crippen LogP contribution in [0, 0.1) is 0 Å². The van der Waals surface area contributed by atoms with Crippen LogP contribution in [-0.4, -0.2) is 34.4 Å². The minimum Gasteiger partial charge on any atom is -0.493 e. The summed E-state index contributed by atoms with van der Waals surface area (Å²) in [6.45, 7) is 0. The first-order valence-corrected chi connectivity index (χ1v) is 8.67. The van der Waals surface area contributed by atoms with E-state index in [1.54, 1.807) is 40.6 Å². The molecule has 2 aromatic rings. The van der Waals surface area contributed by atoms with Gasteiger partial charge in [-0.15, -0.1) is 0 Å². The Kier molecular flexibility index (Phi) is 5.27. The zero-order chi connectivity index (χ0) is 18.8. The number of cyclic esters (lactones) is 1. The number of hydrogen-bond acceptors (Lipinski definition) is 6. The fourth-order valence-corrected chi connectivity index (χ4v) is 3.56. The van der Waals surface area contributed by atoms with Crippen LogP contribution in [0.2, 0.25) is 0 Å². The van der Waals surface area contributed by atoms with Crippen molar-refractivity contribution in [3.63, 3.8) is 0 Å². The predicted molar refractivity (Wildman–Crippen MR) is 98.4 cm³/mol. The Labute approximate surface area is 160 Å². The van der Waals surface area contributed by atoms with Crippen LogP contribution in [0.3, 0.4) is 0 Å². The van der Waals surface area contributed by atoms with Crippen LogP contribution in [0.25, 0.3) is 0 Å². The minimum absolute atomic E-state index is 0.178. The van der Waals surface area contributed by atoms with Crippen molar-refractivity contribution in [3.8, 4) is 23.0 Å². The van der Waals surface area contributed by atoms with E-state index in [2.05, 4.69) is 15.9 Å². The van der Waals surface area contributed by atoms with Crippen molar-refractivity contribution in [3.05, 3.63) is 45.4 Å². The highest BCUT2D eigenvalue weighted by Gasteiger charge is 2.32. The van der Waals surface area contributed by atoms with Crippen LogP contribution in [0.1, 0.15) is 22.8 Å². The Morgan fingerprint density at radius 2 is 1.35 bits per heavy atom. The normalized spacial score (nSPS) is 15.7. The van der Waals surface area contributed by atoms with Crippen molar-refractivity contribution >= 4 is 21.9 Å². The van der Waals surface area contributed by atoms with Gasteiger partial charge in [0.2, 0.25) is 0 Å². The fraction of sp³-hybridized carbons (Fsp3) is 0.316. The number of rotatable bonds is 5. The predicted octanol–water partition coefficient (Wildman–Crippen LogP) is 3.67. The maximum Gasteiger partial charge on any atom is 0.311 e. The number of carbonyl (C=O) groups excluding carboxylic acids is 1. The average molecular weight is 423 g/mol. The van der Waals surface area contributed by atoms with Crippen molar-refractivity contribution < 1.29 is 28.5 Å². The maximum absolute atomic E-state index is 12.2. The van der Waals surface area contributed by atoms with Crippen LogP contribution in [-0.2, 0) is 16.0 Å². The summed E-state index contributed by atoms with van der Waals surface area (Å²) < 4.78 is 27.9. The molecule has 1 aliphatic heterocycles. The highest BCUT2D eigenvalue weighted by molar-refractivity contribution is 9.10. The van der Waals surface area contributed by atoms with Gasteiger partial charge in [-0.2, -0.15) is 0 Å². The smallest absolute Gasteiger partial charge is 0.311 e. The second kappa shape index (κ2) is 7.45. The van der Waals surface area contributed by atoms with Gasteiger partial charge in [-0.05, 0) is 29.8 Å². The molecule has 26 heavy (non-hydrogen) atoms. The van der Waals surface area contributed by atoms with Gasteiger partial charge in [0.25, 0.3) is 0 Å². The van der Waals surface area contributed by atoms with Gasteiger partial charge in [-0.1, -0.05) is 15.9 Å². The van der Waals surface area contributed by atoms with Gasteiger partial charge in [0.15, 0.2) is 29.1 Å². The highest BCUT2D eigenvalue weighted by atomic mass is 79.9. The average Bonchev–Trinajstić information content (AvgIpc) is 2.65. The van der Waals surface area contributed by atoms with Gasteiger partial charge in [-0.3, -0.25) is 4.79 Å². The molecule has 1 atom stereocenters. The molecule has 0 radical (unpaired) electrons. The van der Waals surface area contributed by atoms with Gasteiger partial charge in [-0.25, -0.2) is 0 Å². The molecular formula is C19H19BrO6. The molecule has 0 saturated heterocycles. The first kappa shape index (κ1) is 18.4. The standard InChI is InChI=1S/C19H19BrO6/c1-22-14-5-10-6-18(21)26-19(11(10)7-15(14)23-2)12-8-16(24-3)17(25-4)9-13(12)20/h5,7-9,19H,6H2,1-4H3/t19-/m1/s1. The highest BCUT2D eigenvalue weighted by Crippen LogP contribution is 2.44. The molecule has 0 aliphatic carbocycles. The molecule has 0 unspecified atom stereocenters. The van der Waals surface area contributed by atoms with Gasteiger partial charge in [0.05, 0.1) is 34.9 Å². The van der Waals surface area contributed by atoms with E-state index < -0.39 is 6.10 Å². The quantitative estimate of drug-likeness (QED) is 0.684. The number of halogens is 1. The van der Waals surface area contributed by atoms with Gasteiger partial charge in [0, 0.05) is 15.6 Å². The number of carbonyl (C=O) groups is 1. The number of fused-ring (bicyclic) bond motifs is 1. The molecule has 0 bridgehead atoms. The summed E-state index contributed by atoms with van der Waals surface area (Å²) in [4.78, 5) is 12.2. The zero-order valence-corrected chi connectivity index (χ0v) is 16.5. The van der Waals surface area contributed by atoms with E-state index in [1.165, 1.54) is 0 Å². The van der Waals surface area contributed by atoms with Crippen molar-refractivity contribution in [2.75, 3.05) is 28.4 Å². The second-order valence-electron chi connectivity index (χ2n) is 5.68. The van der Waals surface area contributed by atoms with Crippen molar-refractivity contribution in [1.29, 1.82) is 0 Å². The van der Waals surface area contributed by atoms with E-state index >= 15 is 0 Å². The maximum atomic E-state index is 12.2. The number of benzene rings is 2. The van der Waals surface area contributed by atoms with Gasteiger partial charge in [0.1, 0.15) is 0 Å². The van der Waals surface area contributed by atoms with Crippen molar-refractivity contribution in [2.45, 2.75) is 12.5 Å². The monoisotopic (exact) mass is 422 g/mol. The molecule has 7 heteroatoms. The summed E-state index contributed by atoms with van der Waals surface area (Å²) in [7, 11) is 6.26. The Bertz CT molecular complexity index is 848. The van der Waals surface area contributed by atoms with Crippen LogP contribution in [0.15, 0.2) is 28.7 Å². The van der Waals surface area contributed by atoms with Crippen molar-refractivity contribution in [1.82, 2.24) is 0 Å². The van der Waals surface area contributed by atoms with Crippen LogP contribution >= 0.6 is 15.9 Å².